The third kappa shape index (κ3) is 3.22. The van der Waals surface area contributed by atoms with E-state index < -0.39 is 11.9 Å². The summed E-state index contributed by atoms with van der Waals surface area (Å²) in [6.07, 6.45) is 0.428. The first-order chi connectivity index (χ1) is 6.00. The minimum Gasteiger partial charge on any atom is -0.236 e. The fraction of sp³-hybridized carbons (Fsp3) is 0.375. The van der Waals surface area contributed by atoms with Crippen LogP contribution in [0.3, 0.4) is 0 Å². The van der Waals surface area contributed by atoms with Crippen molar-refractivity contribution in [1.82, 2.24) is 0 Å². The van der Waals surface area contributed by atoms with Gasteiger partial charge in [0.25, 0.3) is 0 Å². The van der Waals surface area contributed by atoms with E-state index in [1.165, 1.54) is 6.08 Å². The fourth-order valence-corrected chi connectivity index (χ4v) is 1.04. The molecule has 1 aliphatic rings. The van der Waals surface area contributed by atoms with Gasteiger partial charge in [-0.2, -0.15) is 13.2 Å². The van der Waals surface area contributed by atoms with Gasteiger partial charge in [-0.1, -0.05) is 23.8 Å². The van der Waals surface area contributed by atoms with Crippen molar-refractivity contribution >= 4 is 16.8 Å². The molecule has 0 saturated carbocycles. The average Bonchev–Trinajstić information content (AvgIpc) is 1.94. The predicted octanol–water partition coefficient (Wildman–Crippen LogP) is 3.42. The molecule has 0 aromatic rings. The highest BCUT2D eigenvalue weighted by Gasteiger charge is 2.33. The molecule has 13 heavy (non-hydrogen) atoms. The molecular formula is C8H7ClF3N. The molecule has 0 saturated heterocycles. The molecular weight excluding hydrogens is 203 g/mol. The van der Waals surface area contributed by atoms with Crippen LogP contribution in [-0.4, -0.2) is 11.3 Å². The molecule has 0 aromatic carbocycles. The summed E-state index contributed by atoms with van der Waals surface area (Å²) in [4.78, 5) is 3.27. The highest BCUT2D eigenvalue weighted by molar-refractivity contribution is 6.65. The number of halogens is 4. The van der Waals surface area contributed by atoms with Gasteiger partial charge in [-0.25, -0.2) is 4.99 Å². The summed E-state index contributed by atoms with van der Waals surface area (Å²) in [5, 5.41) is -0.00655. The zero-order valence-corrected chi connectivity index (χ0v) is 7.36. The molecule has 0 fully saturated rings. The summed E-state index contributed by atoms with van der Waals surface area (Å²) in [6.45, 7) is 0. The van der Waals surface area contributed by atoms with Crippen molar-refractivity contribution in [3.8, 4) is 0 Å². The van der Waals surface area contributed by atoms with Crippen LogP contribution < -0.4 is 0 Å². The van der Waals surface area contributed by atoms with Crippen LogP contribution in [0.2, 0.25) is 0 Å². The number of hydrogen-bond donors (Lipinski definition) is 0. The van der Waals surface area contributed by atoms with Crippen LogP contribution >= 0.6 is 11.6 Å². The van der Waals surface area contributed by atoms with E-state index in [1.54, 1.807) is 6.08 Å². The van der Waals surface area contributed by atoms with Crippen molar-refractivity contribution in [1.29, 1.82) is 0 Å². The molecule has 1 aliphatic heterocycles. The number of aliphatic imine (C=N–C) groups is 1. The Kier molecular flexibility index (Phi) is 3.14. The standard InChI is InChI=1S/C8H7ClF3N/c9-7-5-3-1-2-4-6(13-7)8(10,11)12/h1-2,4H,3,5H2/b2-1-,6-4?,13-7?. The van der Waals surface area contributed by atoms with Gasteiger partial charge in [0, 0.05) is 6.42 Å². The molecule has 1 heterocycles. The van der Waals surface area contributed by atoms with Gasteiger partial charge in [0.05, 0.1) is 0 Å². The number of hydrogen-bond acceptors (Lipinski definition) is 1. The van der Waals surface area contributed by atoms with Gasteiger partial charge in [-0.05, 0) is 12.5 Å². The first-order valence-corrected chi connectivity index (χ1v) is 4.05. The summed E-state index contributed by atoms with van der Waals surface area (Å²) >= 11 is 5.47. The molecule has 0 aromatic heterocycles. The van der Waals surface area contributed by atoms with Gasteiger partial charge in [0.2, 0.25) is 0 Å². The number of allylic oxidation sites excluding steroid dienone is 4. The second kappa shape index (κ2) is 3.96. The zero-order chi connectivity index (χ0) is 9.90. The predicted molar refractivity (Wildman–Crippen MR) is 45.8 cm³/mol. The van der Waals surface area contributed by atoms with E-state index in [2.05, 4.69) is 4.99 Å². The summed E-state index contributed by atoms with van der Waals surface area (Å²) in [5.41, 5.74) is -0.951. The van der Waals surface area contributed by atoms with Crippen molar-refractivity contribution in [3.63, 3.8) is 0 Å². The van der Waals surface area contributed by atoms with Crippen LogP contribution in [0.4, 0.5) is 13.2 Å². The fourth-order valence-electron chi connectivity index (χ4n) is 0.840. The van der Waals surface area contributed by atoms with Crippen LogP contribution in [0.15, 0.2) is 28.9 Å². The highest BCUT2D eigenvalue weighted by atomic mass is 35.5. The smallest absolute Gasteiger partial charge is 0.236 e. The molecule has 1 nitrogen and oxygen atoms in total. The lowest BCUT2D eigenvalue weighted by atomic mass is 10.2. The van der Waals surface area contributed by atoms with Crippen molar-refractivity contribution < 1.29 is 13.2 Å². The largest absolute Gasteiger partial charge is 0.433 e. The lowest BCUT2D eigenvalue weighted by Crippen LogP contribution is -2.11. The SMILES string of the molecule is FC(F)(F)C1=C/C=C\CCC(Cl)=N1. The monoisotopic (exact) mass is 209 g/mol. The van der Waals surface area contributed by atoms with Crippen LogP contribution in [-0.2, 0) is 0 Å². The molecule has 0 radical (unpaired) electrons. The molecule has 1 rings (SSSR count). The molecule has 0 spiro atoms. The lowest BCUT2D eigenvalue weighted by molar-refractivity contribution is -0.0923. The van der Waals surface area contributed by atoms with Crippen LogP contribution in [0, 0.1) is 0 Å². The van der Waals surface area contributed by atoms with Crippen molar-refractivity contribution in [3.05, 3.63) is 23.9 Å². The molecule has 0 N–H and O–H groups in total. The Balaban J connectivity index is 2.97. The van der Waals surface area contributed by atoms with E-state index in [-0.39, 0.29) is 5.17 Å². The van der Waals surface area contributed by atoms with Gasteiger partial charge < -0.3 is 0 Å². The summed E-state index contributed by atoms with van der Waals surface area (Å²) < 4.78 is 36.5. The van der Waals surface area contributed by atoms with Crippen molar-refractivity contribution in [2.75, 3.05) is 0 Å². The number of alkyl halides is 3. The minimum atomic E-state index is -4.43. The van der Waals surface area contributed by atoms with E-state index in [0.717, 1.165) is 6.08 Å². The maximum Gasteiger partial charge on any atom is 0.433 e. The number of rotatable bonds is 0. The maximum absolute atomic E-state index is 12.2. The third-order valence-corrected chi connectivity index (χ3v) is 1.71. The topological polar surface area (TPSA) is 12.4 Å². The molecule has 0 aliphatic carbocycles. The van der Waals surface area contributed by atoms with E-state index in [0.29, 0.717) is 12.8 Å². The second-order valence-electron chi connectivity index (χ2n) is 2.50. The first-order valence-electron chi connectivity index (χ1n) is 3.67. The van der Waals surface area contributed by atoms with E-state index in [9.17, 15) is 13.2 Å². The van der Waals surface area contributed by atoms with E-state index >= 15 is 0 Å². The molecule has 0 unspecified atom stereocenters. The van der Waals surface area contributed by atoms with Gasteiger partial charge >= 0.3 is 6.18 Å². The molecule has 0 atom stereocenters. The van der Waals surface area contributed by atoms with Gasteiger partial charge in [0.1, 0.15) is 10.9 Å². The number of nitrogens with zero attached hydrogens (tertiary/aromatic N) is 1. The molecule has 72 valence electrons. The van der Waals surface area contributed by atoms with Crippen molar-refractivity contribution in [2.45, 2.75) is 19.0 Å². The molecule has 0 bridgehead atoms. The van der Waals surface area contributed by atoms with Crippen LogP contribution in [0.25, 0.3) is 0 Å². The highest BCUT2D eigenvalue weighted by Crippen LogP contribution is 2.28. The Bertz CT molecular complexity index is 276. The second-order valence-corrected chi connectivity index (χ2v) is 2.94. The summed E-state index contributed by atoms with van der Waals surface area (Å²) in [6, 6.07) is 0. The lowest BCUT2D eigenvalue weighted by Gasteiger charge is -2.08. The third-order valence-electron chi connectivity index (χ3n) is 1.44. The average molecular weight is 210 g/mol. The normalized spacial score (nSPS) is 21.2. The van der Waals surface area contributed by atoms with E-state index in [1.807, 2.05) is 0 Å². The Morgan fingerprint density at radius 2 is 2.08 bits per heavy atom. The Hall–Kier alpha value is -0.770. The minimum absolute atomic E-state index is 0.00655. The Labute approximate surface area is 78.6 Å². The Morgan fingerprint density at radius 1 is 1.38 bits per heavy atom. The quantitative estimate of drug-likeness (QED) is 0.580. The first kappa shape index (κ1) is 10.3. The van der Waals surface area contributed by atoms with Crippen molar-refractivity contribution in [2.24, 2.45) is 4.99 Å². The maximum atomic E-state index is 12.2. The zero-order valence-electron chi connectivity index (χ0n) is 6.61. The Morgan fingerprint density at radius 3 is 2.69 bits per heavy atom. The molecule has 0 amide bonds. The summed E-state index contributed by atoms with van der Waals surface area (Å²) in [7, 11) is 0. The van der Waals surface area contributed by atoms with Gasteiger partial charge in [-0.15, -0.1) is 0 Å². The van der Waals surface area contributed by atoms with E-state index in [4.69, 9.17) is 11.6 Å². The van der Waals surface area contributed by atoms with Gasteiger partial charge in [-0.3, -0.25) is 0 Å². The van der Waals surface area contributed by atoms with Crippen LogP contribution in [0.5, 0.6) is 0 Å². The van der Waals surface area contributed by atoms with Crippen LogP contribution in [0.1, 0.15) is 12.8 Å². The van der Waals surface area contributed by atoms with Gasteiger partial charge in [0.15, 0.2) is 0 Å². The summed E-state index contributed by atoms with van der Waals surface area (Å²) in [5.74, 6) is 0. The molecule has 5 heteroatoms.